The summed E-state index contributed by atoms with van der Waals surface area (Å²) in [7, 11) is 0. The molecule has 0 saturated heterocycles. The molecule has 0 fully saturated rings. The van der Waals surface area contributed by atoms with E-state index >= 15 is 0 Å². The van der Waals surface area contributed by atoms with Gasteiger partial charge < -0.3 is 16.8 Å². The summed E-state index contributed by atoms with van der Waals surface area (Å²) in [5, 5.41) is 4.10. The quantitative estimate of drug-likeness (QED) is 0.633. The standard InChI is InChI=1S/C17H26ClN3.C2H6/c1-5-16(13-6-8-14(18)9-7-13)21-17(20)12(4)10-15(19)11(2)3;1-2/h6-11,16,21H,5,19-20H2,1-4H3;1-2H3/b15-10-,17-12+;. The first kappa shape index (κ1) is 21.4. The van der Waals surface area contributed by atoms with E-state index in [9.17, 15) is 0 Å². The Bertz CT molecular complexity index is 516. The van der Waals surface area contributed by atoms with Crippen molar-refractivity contribution >= 4 is 11.6 Å². The zero-order valence-electron chi connectivity index (χ0n) is 15.3. The molecule has 5 N–H and O–H groups in total. The maximum atomic E-state index is 6.15. The van der Waals surface area contributed by atoms with Gasteiger partial charge in [0.2, 0.25) is 0 Å². The van der Waals surface area contributed by atoms with Gasteiger partial charge in [0.15, 0.2) is 0 Å². The Labute approximate surface area is 146 Å². The predicted octanol–water partition coefficient (Wildman–Crippen LogP) is 5.10. The summed E-state index contributed by atoms with van der Waals surface area (Å²) in [5.41, 5.74) is 15.1. The van der Waals surface area contributed by atoms with Crippen LogP contribution in [0.25, 0.3) is 0 Å². The number of benzene rings is 1. The summed E-state index contributed by atoms with van der Waals surface area (Å²) >= 11 is 5.93. The Morgan fingerprint density at radius 1 is 1.17 bits per heavy atom. The molecule has 4 heteroatoms. The van der Waals surface area contributed by atoms with Gasteiger partial charge >= 0.3 is 0 Å². The third-order valence-electron chi connectivity index (χ3n) is 3.49. The van der Waals surface area contributed by atoms with E-state index in [1.165, 1.54) is 5.56 Å². The minimum atomic E-state index is 0.158. The topological polar surface area (TPSA) is 64.1 Å². The molecule has 130 valence electrons. The first-order valence-electron chi connectivity index (χ1n) is 8.30. The first-order chi connectivity index (χ1) is 10.8. The van der Waals surface area contributed by atoms with Crippen LogP contribution in [-0.2, 0) is 0 Å². The zero-order valence-corrected chi connectivity index (χ0v) is 16.0. The molecule has 23 heavy (non-hydrogen) atoms. The lowest BCUT2D eigenvalue weighted by Gasteiger charge is -2.20. The van der Waals surface area contributed by atoms with E-state index in [0.29, 0.717) is 11.7 Å². The highest BCUT2D eigenvalue weighted by molar-refractivity contribution is 6.30. The highest BCUT2D eigenvalue weighted by atomic mass is 35.5. The minimum absolute atomic E-state index is 0.158. The number of allylic oxidation sites excluding steroid dienone is 3. The molecule has 0 bridgehead atoms. The van der Waals surface area contributed by atoms with Crippen molar-refractivity contribution in [2.75, 3.05) is 0 Å². The number of nitrogens with two attached hydrogens (primary N) is 2. The van der Waals surface area contributed by atoms with E-state index in [2.05, 4.69) is 26.1 Å². The molecule has 0 amide bonds. The maximum absolute atomic E-state index is 6.15. The van der Waals surface area contributed by atoms with E-state index < -0.39 is 0 Å². The van der Waals surface area contributed by atoms with Crippen LogP contribution in [0.1, 0.15) is 59.6 Å². The van der Waals surface area contributed by atoms with Gasteiger partial charge in [-0.25, -0.2) is 0 Å². The molecule has 1 aromatic carbocycles. The second kappa shape index (κ2) is 11.0. The molecule has 0 saturated carbocycles. The molecule has 0 aliphatic rings. The Morgan fingerprint density at radius 3 is 2.13 bits per heavy atom. The van der Waals surface area contributed by atoms with Gasteiger partial charge in [-0.05, 0) is 48.6 Å². The lowest BCUT2D eigenvalue weighted by Crippen LogP contribution is -2.26. The van der Waals surface area contributed by atoms with E-state index in [4.69, 9.17) is 23.1 Å². The molecule has 3 nitrogen and oxygen atoms in total. The largest absolute Gasteiger partial charge is 0.402 e. The van der Waals surface area contributed by atoms with Gasteiger partial charge in [-0.15, -0.1) is 0 Å². The summed E-state index contributed by atoms with van der Waals surface area (Å²) in [4.78, 5) is 0. The van der Waals surface area contributed by atoms with E-state index in [1.54, 1.807) is 0 Å². The second-order valence-electron chi connectivity index (χ2n) is 5.55. The van der Waals surface area contributed by atoms with Crippen molar-refractivity contribution in [2.24, 2.45) is 17.4 Å². The summed E-state index contributed by atoms with van der Waals surface area (Å²) in [6.45, 7) is 12.2. The average Bonchev–Trinajstić information content (AvgIpc) is 2.54. The lowest BCUT2D eigenvalue weighted by molar-refractivity contribution is 0.572. The van der Waals surface area contributed by atoms with Crippen LogP contribution in [-0.4, -0.2) is 0 Å². The van der Waals surface area contributed by atoms with Crippen molar-refractivity contribution in [1.29, 1.82) is 0 Å². The maximum Gasteiger partial charge on any atom is 0.0995 e. The average molecular weight is 338 g/mol. The Kier molecular flexibility index (Phi) is 10.2. The number of halogens is 1. The number of nitrogens with one attached hydrogen (secondary N) is 1. The fourth-order valence-corrected chi connectivity index (χ4v) is 2.04. The van der Waals surface area contributed by atoms with Crippen LogP contribution in [0.5, 0.6) is 0 Å². The smallest absolute Gasteiger partial charge is 0.0995 e. The third kappa shape index (κ3) is 7.47. The zero-order chi connectivity index (χ0) is 18.0. The molecule has 0 aromatic heterocycles. The van der Waals surface area contributed by atoms with Crippen molar-refractivity contribution in [3.8, 4) is 0 Å². The van der Waals surface area contributed by atoms with E-state index in [-0.39, 0.29) is 6.04 Å². The Balaban J connectivity index is 0.00000232. The molecule has 1 aromatic rings. The Hall–Kier alpha value is -1.61. The molecule has 0 spiro atoms. The van der Waals surface area contributed by atoms with Gasteiger partial charge in [-0.1, -0.05) is 58.4 Å². The third-order valence-corrected chi connectivity index (χ3v) is 3.74. The van der Waals surface area contributed by atoms with Gasteiger partial charge in [0, 0.05) is 10.7 Å². The summed E-state index contributed by atoms with van der Waals surface area (Å²) in [5.74, 6) is 0.964. The fourth-order valence-electron chi connectivity index (χ4n) is 1.91. The van der Waals surface area contributed by atoms with Crippen molar-refractivity contribution in [2.45, 2.75) is 54.0 Å². The van der Waals surface area contributed by atoms with Gasteiger partial charge in [-0.2, -0.15) is 0 Å². The predicted molar refractivity (Wildman–Crippen MR) is 103 cm³/mol. The van der Waals surface area contributed by atoms with Crippen LogP contribution in [0.15, 0.2) is 47.4 Å². The van der Waals surface area contributed by atoms with Crippen molar-refractivity contribution < 1.29 is 0 Å². The SMILES string of the molecule is CC.CCC(N/C(N)=C(C)/C=C(\N)C(C)C)c1ccc(Cl)cc1. The molecule has 1 unspecified atom stereocenters. The van der Waals surface area contributed by atoms with Gasteiger partial charge in [0.05, 0.1) is 11.9 Å². The highest BCUT2D eigenvalue weighted by Gasteiger charge is 2.10. The molecular formula is C19H32ClN3. The fraction of sp³-hybridized carbons (Fsp3) is 0.474. The van der Waals surface area contributed by atoms with Crippen LogP contribution >= 0.6 is 11.6 Å². The van der Waals surface area contributed by atoms with Gasteiger partial charge in [0.25, 0.3) is 0 Å². The van der Waals surface area contributed by atoms with Crippen molar-refractivity contribution in [3.63, 3.8) is 0 Å². The van der Waals surface area contributed by atoms with Crippen molar-refractivity contribution in [1.82, 2.24) is 5.32 Å². The molecule has 0 aliphatic heterocycles. The van der Waals surface area contributed by atoms with Gasteiger partial charge in [0.1, 0.15) is 0 Å². The first-order valence-corrected chi connectivity index (χ1v) is 8.68. The number of hydrogen-bond donors (Lipinski definition) is 3. The lowest BCUT2D eigenvalue weighted by atomic mass is 10.0. The summed E-state index contributed by atoms with van der Waals surface area (Å²) in [6, 6.07) is 7.98. The van der Waals surface area contributed by atoms with Gasteiger partial charge in [-0.3, -0.25) is 0 Å². The Morgan fingerprint density at radius 2 is 1.70 bits per heavy atom. The second-order valence-corrected chi connectivity index (χ2v) is 5.99. The summed E-state index contributed by atoms with van der Waals surface area (Å²) < 4.78 is 0. The number of rotatable bonds is 6. The molecule has 0 aliphatic carbocycles. The van der Waals surface area contributed by atoms with E-state index in [1.807, 2.05) is 51.1 Å². The molecule has 0 heterocycles. The van der Waals surface area contributed by atoms with Crippen LogP contribution < -0.4 is 16.8 Å². The van der Waals surface area contributed by atoms with Crippen LogP contribution in [0, 0.1) is 5.92 Å². The molecule has 0 radical (unpaired) electrons. The van der Waals surface area contributed by atoms with E-state index in [0.717, 1.165) is 22.7 Å². The molecule has 1 atom stereocenters. The van der Waals surface area contributed by atoms with Crippen LogP contribution in [0.4, 0.5) is 0 Å². The van der Waals surface area contributed by atoms with Crippen LogP contribution in [0.3, 0.4) is 0 Å². The number of hydrogen-bond acceptors (Lipinski definition) is 3. The monoisotopic (exact) mass is 337 g/mol. The van der Waals surface area contributed by atoms with Crippen molar-refractivity contribution in [3.05, 3.63) is 58.0 Å². The molecular weight excluding hydrogens is 306 g/mol. The summed E-state index contributed by atoms with van der Waals surface area (Å²) in [6.07, 6.45) is 2.86. The molecule has 1 rings (SSSR count). The normalized spacial score (nSPS) is 13.8. The highest BCUT2D eigenvalue weighted by Crippen LogP contribution is 2.20. The van der Waals surface area contributed by atoms with Crippen LogP contribution in [0.2, 0.25) is 5.02 Å². The minimum Gasteiger partial charge on any atom is -0.402 e.